The second kappa shape index (κ2) is 4.09. The minimum atomic E-state index is 0.402. The highest BCUT2D eigenvalue weighted by atomic mass is 14.8. The first kappa shape index (κ1) is 12.0. The van der Waals surface area contributed by atoms with Crippen molar-refractivity contribution in [2.24, 2.45) is 35.3 Å². The summed E-state index contributed by atoms with van der Waals surface area (Å²) >= 11 is 0. The predicted molar refractivity (Wildman–Crippen MR) is 78.9 cm³/mol. The number of fused-ring (bicyclic) bond motifs is 5. The van der Waals surface area contributed by atoms with Gasteiger partial charge >= 0.3 is 0 Å². The maximum atomic E-state index is 6.57. The number of aryl methyl sites for hydroxylation is 2. The molecule has 0 aromatic heterocycles. The van der Waals surface area contributed by atoms with Crippen LogP contribution in [0.25, 0.3) is 0 Å². The van der Waals surface area contributed by atoms with Gasteiger partial charge in [-0.05, 0) is 80.2 Å². The molecule has 1 aromatic rings. The first-order valence-corrected chi connectivity index (χ1v) is 7.97. The smallest absolute Gasteiger partial charge is 0.0114 e. The molecule has 3 aliphatic rings. The van der Waals surface area contributed by atoms with Crippen molar-refractivity contribution in [3.05, 3.63) is 34.9 Å². The Morgan fingerprint density at radius 1 is 1.16 bits per heavy atom. The second-order valence-electron chi connectivity index (χ2n) is 7.36. The molecule has 2 N–H and O–H groups in total. The van der Waals surface area contributed by atoms with Gasteiger partial charge in [-0.25, -0.2) is 0 Å². The summed E-state index contributed by atoms with van der Waals surface area (Å²) < 4.78 is 0. The lowest BCUT2D eigenvalue weighted by Crippen LogP contribution is -2.29. The van der Waals surface area contributed by atoms with Gasteiger partial charge < -0.3 is 5.73 Å². The van der Waals surface area contributed by atoms with Crippen LogP contribution in [0.5, 0.6) is 0 Å². The maximum Gasteiger partial charge on any atom is 0.0114 e. The average Bonchev–Trinajstić information content (AvgIpc) is 2.83. The second-order valence-corrected chi connectivity index (χ2v) is 7.36. The first-order valence-electron chi connectivity index (χ1n) is 7.97. The SMILES string of the molecule is Cc1ccc(C)c(CC(N)C2C3C4CCC(C4)C23)c1. The number of hydrogen-bond acceptors (Lipinski definition) is 1. The van der Waals surface area contributed by atoms with Gasteiger partial charge in [-0.3, -0.25) is 0 Å². The topological polar surface area (TPSA) is 26.0 Å². The average molecular weight is 255 g/mol. The molecule has 1 nitrogen and oxygen atoms in total. The quantitative estimate of drug-likeness (QED) is 0.879. The van der Waals surface area contributed by atoms with Gasteiger partial charge in [-0.1, -0.05) is 23.8 Å². The van der Waals surface area contributed by atoms with Crippen molar-refractivity contribution in [1.82, 2.24) is 0 Å². The molecule has 0 spiro atoms. The van der Waals surface area contributed by atoms with Crippen LogP contribution in [-0.4, -0.2) is 6.04 Å². The molecule has 0 saturated heterocycles. The van der Waals surface area contributed by atoms with Crippen molar-refractivity contribution < 1.29 is 0 Å². The van der Waals surface area contributed by atoms with E-state index in [9.17, 15) is 0 Å². The van der Waals surface area contributed by atoms with Crippen molar-refractivity contribution in [3.8, 4) is 0 Å². The van der Waals surface area contributed by atoms with Crippen LogP contribution in [0.15, 0.2) is 18.2 Å². The largest absolute Gasteiger partial charge is 0.327 e. The van der Waals surface area contributed by atoms with Crippen LogP contribution in [0.2, 0.25) is 0 Å². The zero-order valence-corrected chi connectivity index (χ0v) is 12.1. The van der Waals surface area contributed by atoms with Crippen LogP contribution < -0.4 is 5.73 Å². The summed E-state index contributed by atoms with van der Waals surface area (Å²) in [5.41, 5.74) is 10.8. The molecule has 19 heavy (non-hydrogen) atoms. The zero-order valence-electron chi connectivity index (χ0n) is 12.1. The minimum Gasteiger partial charge on any atom is -0.327 e. The lowest BCUT2D eigenvalue weighted by molar-refractivity contribution is 0.409. The molecule has 3 fully saturated rings. The molecule has 1 aromatic carbocycles. The van der Waals surface area contributed by atoms with Gasteiger partial charge in [0.15, 0.2) is 0 Å². The Kier molecular flexibility index (Phi) is 2.57. The molecule has 5 unspecified atom stereocenters. The molecule has 0 amide bonds. The van der Waals surface area contributed by atoms with Crippen molar-refractivity contribution in [3.63, 3.8) is 0 Å². The number of hydrogen-bond donors (Lipinski definition) is 1. The molecule has 5 atom stereocenters. The number of benzene rings is 1. The molecule has 4 rings (SSSR count). The fourth-order valence-corrected chi connectivity index (χ4v) is 5.37. The van der Waals surface area contributed by atoms with Crippen molar-refractivity contribution in [2.45, 2.75) is 45.6 Å². The maximum absolute atomic E-state index is 6.57. The third kappa shape index (κ3) is 1.78. The summed E-state index contributed by atoms with van der Waals surface area (Å²) in [6.07, 6.45) is 5.61. The Labute approximate surface area is 116 Å². The first-order chi connectivity index (χ1) is 9.15. The van der Waals surface area contributed by atoms with E-state index in [1.54, 1.807) is 0 Å². The highest BCUT2D eigenvalue weighted by Crippen LogP contribution is 2.70. The van der Waals surface area contributed by atoms with E-state index in [0.29, 0.717) is 6.04 Å². The third-order valence-corrected chi connectivity index (χ3v) is 6.25. The van der Waals surface area contributed by atoms with Gasteiger partial charge in [0.05, 0.1) is 0 Å². The Morgan fingerprint density at radius 2 is 1.84 bits per heavy atom. The van der Waals surface area contributed by atoms with E-state index in [2.05, 4.69) is 32.0 Å². The minimum absolute atomic E-state index is 0.402. The van der Waals surface area contributed by atoms with Crippen molar-refractivity contribution in [1.29, 1.82) is 0 Å². The van der Waals surface area contributed by atoms with Gasteiger partial charge in [0.2, 0.25) is 0 Å². The van der Waals surface area contributed by atoms with E-state index >= 15 is 0 Å². The summed E-state index contributed by atoms with van der Waals surface area (Å²) in [7, 11) is 0. The Bertz CT molecular complexity index is 490. The monoisotopic (exact) mass is 255 g/mol. The normalized spacial score (nSPS) is 40.3. The third-order valence-electron chi connectivity index (χ3n) is 6.25. The van der Waals surface area contributed by atoms with E-state index in [1.807, 2.05) is 0 Å². The van der Waals surface area contributed by atoms with Crippen molar-refractivity contribution >= 4 is 0 Å². The van der Waals surface area contributed by atoms with Gasteiger partial charge in [0.1, 0.15) is 0 Å². The van der Waals surface area contributed by atoms with Crippen LogP contribution in [0.4, 0.5) is 0 Å². The van der Waals surface area contributed by atoms with E-state index in [1.165, 1.54) is 36.0 Å². The number of rotatable bonds is 3. The van der Waals surface area contributed by atoms with Crippen LogP contribution in [0.3, 0.4) is 0 Å². The summed E-state index contributed by atoms with van der Waals surface area (Å²) in [5.74, 6) is 4.97. The lowest BCUT2D eigenvalue weighted by Gasteiger charge is -2.17. The summed E-state index contributed by atoms with van der Waals surface area (Å²) in [5, 5.41) is 0. The Morgan fingerprint density at radius 3 is 2.53 bits per heavy atom. The summed E-state index contributed by atoms with van der Waals surface area (Å²) in [4.78, 5) is 0. The molecule has 2 bridgehead atoms. The fourth-order valence-electron chi connectivity index (χ4n) is 5.37. The molecular weight excluding hydrogens is 230 g/mol. The molecule has 3 aliphatic carbocycles. The lowest BCUT2D eigenvalue weighted by atomic mass is 9.92. The Hall–Kier alpha value is -0.820. The van der Waals surface area contributed by atoms with E-state index in [0.717, 1.165) is 36.0 Å². The molecule has 1 heteroatoms. The van der Waals surface area contributed by atoms with E-state index in [-0.39, 0.29) is 0 Å². The van der Waals surface area contributed by atoms with Crippen LogP contribution >= 0.6 is 0 Å². The van der Waals surface area contributed by atoms with Crippen LogP contribution in [0.1, 0.15) is 36.0 Å². The van der Waals surface area contributed by atoms with Crippen LogP contribution in [0, 0.1) is 43.4 Å². The highest BCUT2D eigenvalue weighted by molar-refractivity contribution is 5.32. The van der Waals surface area contributed by atoms with Gasteiger partial charge in [-0.15, -0.1) is 0 Å². The zero-order chi connectivity index (χ0) is 13.1. The van der Waals surface area contributed by atoms with Gasteiger partial charge in [0.25, 0.3) is 0 Å². The summed E-state index contributed by atoms with van der Waals surface area (Å²) in [6.45, 7) is 4.40. The standard InChI is InChI=1S/C18H25N/c1-10-3-4-11(2)14(7-10)9-15(19)18-16-12-5-6-13(8-12)17(16)18/h3-4,7,12-13,15-18H,5-6,8-9,19H2,1-2H3. The van der Waals surface area contributed by atoms with Gasteiger partial charge in [-0.2, -0.15) is 0 Å². The molecule has 102 valence electrons. The number of nitrogens with two attached hydrogens (primary N) is 1. The van der Waals surface area contributed by atoms with E-state index < -0.39 is 0 Å². The highest BCUT2D eigenvalue weighted by Gasteiger charge is 2.65. The molecule has 0 aliphatic heterocycles. The molecule has 0 heterocycles. The predicted octanol–water partition coefficient (Wildman–Crippen LogP) is 3.47. The van der Waals surface area contributed by atoms with Crippen molar-refractivity contribution in [2.75, 3.05) is 0 Å². The molecular formula is C18H25N. The molecule has 0 radical (unpaired) electrons. The van der Waals surface area contributed by atoms with Crippen LogP contribution in [-0.2, 0) is 6.42 Å². The molecule has 3 saturated carbocycles. The van der Waals surface area contributed by atoms with Gasteiger partial charge in [0, 0.05) is 6.04 Å². The summed E-state index contributed by atoms with van der Waals surface area (Å²) in [6, 6.07) is 7.19. The van der Waals surface area contributed by atoms with E-state index in [4.69, 9.17) is 5.73 Å². The fraction of sp³-hybridized carbons (Fsp3) is 0.667. The Balaban J connectivity index is 1.48.